The van der Waals surface area contributed by atoms with Crippen LogP contribution in [0.25, 0.3) is 0 Å². The molecule has 2 unspecified atom stereocenters. The number of para-hydroxylation sites is 1. The Balaban J connectivity index is 2.77. The Morgan fingerprint density at radius 1 is 1.39 bits per heavy atom. The summed E-state index contributed by atoms with van der Waals surface area (Å²) < 4.78 is 5.44. The van der Waals surface area contributed by atoms with Crippen LogP contribution in [0.5, 0.6) is 5.75 Å². The Morgan fingerprint density at radius 3 is 2.67 bits per heavy atom. The number of rotatable bonds is 6. The lowest BCUT2D eigenvalue weighted by Gasteiger charge is -2.20. The lowest BCUT2D eigenvalue weighted by Crippen LogP contribution is -2.39. The number of amides is 1. The van der Waals surface area contributed by atoms with Gasteiger partial charge in [0.15, 0.2) is 0 Å². The Kier molecular flexibility index (Phi) is 5.65. The van der Waals surface area contributed by atoms with Crippen LogP contribution >= 0.6 is 0 Å². The van der Waals surface area contributed by atoms with E-state index in [1.807, 2.05) is 32.9 Å². The van der Waals surface area contributed by atoms with Crippen LogP contribution in [0.15, 0.2) is 24.3 Å². The second kappa shape index (κ2) is 7.01. The second-order valence-corrected chi connectivity index (χ2v) is 4.40. The summed E-state index contributed by atoms with van der Waals surface area (Å²) in [7, 11) is 0. The largest absolute Gasteiger partial charge is 0.493 e. The summed E-state index contributed by atoms with van der Waals surface area (Å²) in [5, 5.41) is 2.95. The van der Waals surface area contributed by atoms with Crippen LogP contribution in [0, 0.1) is 5.92 Å². The zero-order valence-electron chi connectivity index (χ0n) is 11.3. The number of nitrogens with two attached hydrogens (primary N) is 1. The molecule has 0 bridgehead atoms. The molecule has 0 aliphatic heterocycles. The van der Waals surface area contributed by atoms with Gasteiger partial charge in [-0.2, -0.15) is 0 Å². The third-order valence-corrected chi connectivity index (χ3v) is 3.02. The van der Waals surface area contributed by atoms with Crippen molar-refractivity contribution in [3.63, 3.8) is 0 Å². The lowest BCUT2D eigenvalue weighted by atomic mass is 10.0. The summed E-state index contributed by atoms with van der Waals surface area (Å²) in [6.07, 6.45) is 0. The zero-order chi connectivity index (χ0) is 13.5. The van der Waals surface area contributed by atoms with Crippen molar-refractivity contribution < 1.29 is 9.53 Å². The summed E-state index contributed by atoms with van der Waals surface area (Å²) in [4.78, 5) is 12.1. The van der Waals surface area contributed by atoms with E-state index in [9.17, 15) is 4.79 Å². The summed E-state index contributed by atoms with van der Waals surface area (Å²) in [6.45, 7) is 6.96. The molecular weight excluding hydrogens is 228 g/mol. The van der Waals surface area contributed by atoms with Gasteiger partial charge in [-0.1, -0.05) is 19.1 Å². The van der Waals surface area contributed by atoms with Gasteiger partial charge in [0.1, 0.15) is 5.75 Å². The molecule has 1 amide bonds. The van der Waals surface area contributed by atoms with Gasteiger partial charge in [-0.15, -0.1) is 0 Å². The highest BCUT2D eigenvalue weighted by atomic mass is 16.5. The fourth-order valence-electron chi connectivity index (χ4n) is 1.57. The molecule has 18 heavy (non-hydrogen) atoms. The van der Waals surface area contributed by atoms with Crippen LogP contribution in [0.4, 0.5) is 0 Å². The number of hydrogen-bond acceptors (Lipinski definition) is 3. The first-order chi connectivity index (χ1) is 8.60. The van der Waals surface area contributed by atoms with E-state index in [1.165, 1.54) is 0 Å². The number of benzene rings is 1. The highest BCUT2D eigenvalue weighted by Crippen LogP contribution is 2.18. The molecule has 4 nitrogen and oxygen atoms in total. The Bertz CT molecular complexity index is 393. The minimum absolute atomic E-state index is 0.0391. The first-order valence-electron chi connectivity index (χ1n) is 6.32. The van der Waals surface area contributed by atoms with Gasteiger partial charge in [0.25, 0.3) is 5.91 Å². The SMILES string of the molecule is CCOc1ccccc1C(=O)NC(C)C(C)CN. The lowest BCUT2D eigenvalue weighted by molar-refractivity contribution is 0.0926. The van der Waals surface area contributed by atoms with Crippen molar-refractivity contribution in [3.8, 4) is 5.75 Å². The second-order valence-electron chi connectivity index (χ2n) is 4.40. The van der Waals surface area contributed by atoms with E-state index in [4.69, 9.17) is 10.5 Å². The van der Waals surface area contributed by atoms with Crippen molar-refractivity contribution in [2.75, 3.05) is 13.2 Å². The number of hydrogen-bond donors (Lipinski definition) is 2. The minimum atomic E-state index is -0.119. The summed E-state index contributed by atoms with van der Waals surface area (Å²) >= 11 is 0. The van der Waals surface area contributed by atoms with E-state index in [1.54, 1.807) is 12.1 Å². The first-order valence-corrected chi connectivity index (χ1v) is 6.32. The summed E-state index contributed by atoms with van der Waals surface area (Å²) in [5.41, 5.74) is 6.15. The van der Waals surface area contributed by atoms with Gasteiger partial charge < -0.3 is 15.8 Å². The molecule has 4 heteroatoms. The molecule has 0 aromatic heterocycles. The van der Waals surface area contributed by atoms with Crippen LogP contribution in [0.3, 0.4) is 0 Å². The van der Waals surface area contributed by atoms with E-state index >= 15 is 0 Å². The van der Waals surface area contributed by atoms with Gasteiger partial charge in [0.05, 0.1) is 12.2 Å². The smallest absolute Gasteiger partial charge is 0.255 e. The third-order valence-electron chi connectivity index (χ3n) is 3.02. The Labute approximate surface area is 109 Å². The average molecular weight is 250 g/mol. The molecule has 2 atom stereocenters. The van der Waals surface area contributed by atoms with Gasteiger partial charge in [-0.3, -0.25) is 4.79 Å². The van der Waals surface area contributed by atoms with Gasteiger partial charge in [0, 0.05) is 6.04 Å². The fraction of sp³-hybridized carbons (Fsp3) is 0.500. The topological polar surface area (TPSA) is 64.3 Å². The number of ether oxygens (including phenoxy) is 1. The summed E-state index contributed by atoms with van der Waals surface area (Å²) in [6, 6.07) is 7.29. The molecule has 0 spiro atoms. The molecule has 100 valence electrons. The molecule has 0 radical (unpaired) electrons. The average Bonchev–Trinajstić information content (AvgIpc) is 2.38. The van der Waals surface area contributed by atoms with E-state index < -0.39 is 0 Å². The van der Waals surface area contributed by atoms with Gasteiger partial charge in [-0.05, 0) is 38.4 Å². The Morgan fingerprint density at radius 2 is 2.06 bits per heavy atom. The quantitative estimate of drug-likeness (QED) is 0.809. The van der Waals surface area contributed by atoms with Crippen molar-refractivity contribution in [2.24, 2.45) is 11.7 Å². The predicted molar refractivity (Wildman–Crippen MR) is 72.8 cm³/mol. The normalized spacial score (nSPS) is 13.8. The molecule has 1 rings (SSSR count). The molecule has 1 aromatic rings. The molecule has 3 N–H and O–H groups in total. The maximum Gasteiger partial charge on any atom is 0.255 e. The summed E-state index contributed by atoms with van der Waals surface area (Å²) in [5.74, 6) is 0.741. The number of nitrogens with one attached hydrogen (secondary N) is 1. The van der Waals surface area contributed by atoms with Crippen LogP contribution in [0.2, 0.25) is 0 Å². The highest BCUT2D eigenvalue weighted by molar-refractivity contribution is 5.97. The van der Waals surface area contributed by atoms with E-state index in [0.717, 1.165) is 0 Å². The maximum atomic E-state index is 12.1. The minimum Gasteiger partial charge on any atom is -0.493 e. The van der Waals surface area contributed by atoms with Crippen molar-refractivity contribution >= 4 is 5.91 Å². The van der Waals surface area contributed by atoms with Gasteiger partial charge >= 0.3 is 0 Å². The van der Waals surface area contributed by atoms with Crippen LogP contribution < -0.4 is 15.8 Å². The molecule has 1 aromatic carbocycles. The molecule has 0 aliphatic carbocycles. The van der Waals surface area contributed by atoms with Crippen LogP contribution in [0.1, 0.15) is 31.1 Å². The maximum absolute atomic E-state index is 12.1. The number of carbonyl (C=O) groups is 1. The molecule has 0 fully saturated rings. The predicted octanol–water partition coefficient (Wildman–Crippen LogP) is 1.80. The molecule has 0 saturated heterocycles. The Hall–Kier alpha value is -1.55. The standard InChI is InChI=1S/C14H22N2O2/c1-4-18-13-8-6-5-7-12(13)14(17)16-11(3)10(2)9-15/h5-8,10-11H,4,9,15H2,1-3H3,(H,16,17). The number of carbonyl (C=O) groups excluding carboxylic acids is 1. The monoisotopic (exact) mass is 250 g/mol. The van der Waals surface area contributed by atoms with E-state index in [-0.39, 0.29) is 17.9 Å². The van der Waals surface area contributed by atoms with Crippen LogP contribution in [-0.2, 0) is 0 Å². The van der Waals surface area contributed by atoms with Crippen molar-refractivity contribution in [1.82, 2.24) is 5.32 Å². The fourth-order valence-corrected chi connectivity index (χ4v) is 1.57. The first kappa shape index (κ1) is 14.5. The van der Waals surface area contributed by atoms with E-state index in [0.29, 0.717) is 24.5 Å². The van der Waals surface area contributed by atoms with Crippen LogP contribution in [-0.4, -0.2) is 25.1 Å². The van der Waals surface area contributed by atoms with Crippen molar-refractivity contribution in [1.29, 1.82) is 0 Å². The van der Waals surface area contributed by atoms with Gasteiger partial charge in [-0.25, -0.2) is 0 Å². The highest BCUT2D eigenvalue weighted by Gasteiger charge is 2.17. The zero-order valence-corrected chi connectivity index (χ0v) is 11.3. The molecule has 0 aliphatic rings. The molecule has 0 saturated carbocycles. The van der Waals surface area contributed by atoms with Gasteiger partial charge in [0.2, 0.25) is 0 Å². The third kappa shape index (κ3) is 3.74. The molecular formula is C14H22N2O2. The van der Waals surface area contributed by atoms with Crippen molar-refractivity contribution in [3.05, 3.63) is 29.8 Å². The van der Waals surface area contributed by atoms with Crippen molar-refractivity contribution in [2.45, 2.75) is 26.8 Å². The van der Waals surface area contributed by atoms with E-state index in [2.05, 4.69) is 5.32 Å². The molecule has 0 heterocycles.